The second kappa shape index (κ2) is 6.38. The van der Waals surface area contributed by atoms with Gasteiger partial charge in [0.25, 0.3) is 5.39 Å². The van der Waals surface area contributed by atoms with E-state index < -0.39 is 0 Å². The fourth-order valence-electron chi connectivity index (χ4n) is 1.86. The van der Waals surface area contributed by atoms with Crippen LogP contribution in [0.15, 0.2) is 47.4 Å². The number of aromatic amines is 1. The molecule has 0 bridgehead atoms. The van der Waals surface area contributed by atoms with Gasteiger partial charge < -0.3 is 9.72 Å². The number of methoxy groups -OCH3 is 1. The number of nitrogens with zero attached hydrogens (tertiary/aromatic N) is 3. The quantitative estimate of drug-likeness (QED) is 0.668. The number of benzene rings is 1. The summed E-state index contributed by atoms with van der Waals surface area (Å²) in [5.74, 6) is 0.254. The highest BCUT2D eigenvalue weighted by Crippen LogP contribution is 2.09. The second-order valence-electron chi connectivity index (χ2n) is 4.29. The maximum absolute atomic E-state index is 11.6. The Bertz CT molecular complexity index is 661. The van der Waals surface area contributed by atoms with E-state index in [1.54, 1.807) is 0 Å². The van der Waals surface area contributed by atoms with E-state index >= 15 is 0 Å². The van der Waals surface area contributed by atoms with Gasteiger partial charge in [0.15, 0.2) is 5.75 Å². The summed E-state index contributed by atoms with van der Waals surface area (Å²) in [6, 6.07) is 11.1. The summed E-state index contributed by atoms with van der Waals surface area (Å²) in [7, 11) is 1.44. The number of hydrogen-bond donors (Lipinski definition) is 1. The minimum atomic E-state index is -0.209. The first kappa shape index (κ1) is 13.6. The number of aromatic nitrogens is 1. The average molecular weight is 271 g/mol. The molecule has 102 valence electrons. The zero-order valence-electron chi connectivity index (χ0n) is 11.1. The second-order valence-corrected chi connectivity index (χ2v) is 4.29. The molecule has 6 heteroatoms. The van der Waals surface area contributed by atoms with Gasteiger partial charge in [0, 0.05) is 18.0 Å². The minimum Gasteiger partial charge on any atom is -0.491 e. The third kappa shape index (κ3) is 3.36. The lowest BCUT2D eigenvalue weighted by atomic mass is 10.2. The van der Waals surface area contributed by atoms with Crippen molar-refractivity contribution in [2.75, 3.05) is 7.11 Å². The normalized spacial score (nSPS) is 9.80. The Morgan fingerprint density at radius 1 is 1.30 bits per heavy atom. The number of ether oxygens (including phenoxy) is 1. The van der Waals surface area contributed by atoms with Crippen molar-refractivity contribution in [1.29, 1.82) is 5.39 Å². The van der Waals surface area contributed by atoms with Crippen LogP contribution in [0.3, 0.4) is 0 Å². The van der Waals surface area contributed by atoms with Crippen molar-refractivity contribution in [2.24, 2.45) is 0 Å². The molecule has 20 heavy (non-hydrogen) atoms. The molecule has 0 atom stereocenters. The first-order valence-electron chi connectivity index (χ1n) is 6.12. The van der Waals surface area contributed by atoms with E-state index in [1.807, 2.05) is 30.3 Å². The molecule has 0 amide bonds. The molecule has 0 aliphatic carbocycles. The fourth-order valence-corrected chi connectivity index (χ4v) is 1.86. The summed E-state index contributed by atoms with van der Waals surface area (Å²) in [5.41, 5.74) is 1.45. The van der Waals surface area contributed by atoms with Gasteiger partial charge in [-0.1, -0.05) is 30.3 Å². The zero-order valence-corrected chi connectivity index (χ0v) is 11.1. The lowest BCUT2D eigenvalue weighted by Crippen LogP contribution is -2.17. The fraction of sp³-hybridized carbons (Fsp3) is 0.214. The Hall–Kier alpha value is -2.81. The third-order valence-corrected chi connectivity index (χ3v) is 2.84. The van der Waals surface area contributed by atoms with Gasteiger partial charge in [0.05, 0.1) is 7.11 Å². The largest absolute Gasteiger partial charge is 0.491 e. The summed E-state index contributed by atoms with van der Waals surface area (Å²) in [6.07, 6.45) is 1.50. The predicted octanol–water partition coefficient (Wildman–Crippen LogP) is 2.15. The SMILES string of the molecule is COc1c[nH]c(CN(Cc2ccccc2)[N+]#N)cc1=O. The van der Waals surface area contributed by atoms with Gasteiger partial charge in [-0.05, 0) is 10.6 Å². The summed E-state index contributed by atoms with van der Waals surface area (Å²) in [4.78, 5) is 14.6. The Balaban J connectivity index is 2.09. The van der Waals surface area contributed by atoms with Gasteiger partial charge in [-0.15, -0.1) is 0 Å². The maximum atomic E-state index is 11.6. The van der Waals surface area contributed by atoms with E-state index in [4.69, 9.17) is 10.1 Å². The first-order chi connectivity index (χ1) is 9.72. The van der Waals surface area contributed by atoms with E-state index in [-0.39, 0.29) is 11.2 Å². The van der Waals surface area contributed by atoms with Gasteiger partial charge in [-0.25, -0.2) is 0 Å². The van der Waals surface area contributed by atoms with Crippen LogP contribution in [0.2, 0.25) is 0 Å². The van der Waals surface area contributed by atoms with Crippen LogP contribution in [0.4, 0.5) is 0 Å². The molecule has 0 spiro atoms. The van der Waals surface area contributed by atoms with Gasteiger partial charge >= 0.3 is 5.08 Å². The van der Waals surface area contributed by atoms with Gasteiger partial charge in [-0.3, -0.25) is 4.79 Å². The number of hydrogen-bond acceptors (Lipinski definition) is 4. The molecule has 1 heterocycles. The zero-order chi connectivity index (χ0) is 14.4. The summed E-state index contributed by atoms with van der Waals surface area (Å²) in [5, 5.41) is 13.7. The van der Waals surface area contributed by atoms with Crippen LogP contribution in [0.1, 0.15) is 11.3 Å². The van der Waals surface area contributed by atoms with Crippen molar-refractivity contribution in [3.63, 3.8) is 0 Å². The van der Waals surface area contributed by atoms with Crippen LogP contribution < -0.4 is 10.2 Å². The number of diazo groups is 1. The molecule has 0 saturated carbocycles. The molecule has 1 N–H and O–H groups in total. The summed E-state index contributed by atoms with van der Waals surface area (Å²) >= 11 is 0. The topological polar surface area (TPSA) is 73.5 Å². The highest BCUT2D eigenvalue weighted by molar-refractivity contribution is 5.20. The molecule has 0 radical (unpaired) electrons. The van der Waals surface area contributed by atoms with E-state index in [0.29, 0.717) is 18.8 Å². The molecular formula is C14H15N4O2+. The molecule has 1 aromatic carbocycles. The van der Waals surface area contributed by atoms with Crippen LogP contribution in [0.25, 0.3) is 5.08 Å². The van der Waals surface area contributed by atoms with Crippen LogP contribution in [0.5, 0.6) is 5.75 Å². The minimum absolute atomic E-state index is 0.209. The van der Waals surface area contributed by atoms with Gasteiger partial charge in [0.2, 0.25) is 5.43 Å². The van der Waals surface area contributed by atoms with Gasteiger partial charge in [-0.2, -0.15) is 0 Å². The Morgan fingerprint density at radius 3 is 2.65 bits per heavy atom. The molecule has 0 fully saturated rings. The monoisotopic (exact) mass is 271 g/mol. The lowest BCUT2D eigenvalue weighted by molar-refractivity contribution is 0.342. The van der Waals surface area contributed by atoms with Crippen LogP contribution in [-0.2, 0) is 13.1 Å². The van der Waals surface area contributed by atoms with Crippen molar-refractivity contribution < 1.29 is 4.74 Å². The Kier molecular flexibility index (Phi) is 4.35. The summed E-state index contributed by atoms with van der Waals surface area (Å²) in [6.45, 7) is 0.746. The standard InChI is InChI=1S/C14H14N4O2/c1-20-14-8-16-12(7-13(14)19)10-18(17-15)9-11-5-3-2-4-6-11/h2-8H,9-10H2,1H3/p+1. The van der Waals surface area contributed by atoms with E-state index in [1.165, 1.54) is 24.4 Å². The molecule has 0 aliphatic rings. The van der Waals surface area contributed by atoms with Crippen molar-refractivity contribution in [3.05, 3.63) is 69.2 Å². The molecule has 2 aromatic rings. The molecule has 0 unspecified atom stereocenters. The molecular weight excluding hydrogens is 256 g/mol. The smallest absolute Gasteiger partial charge is 0.306 e. The van der Waals surface area contributed by atoms with Gasteiger partial charge in [0.1, 0.15) is 13.1 Å². The highest BCUT2D eigenvalue weighted by atomic mass is 16.5. The first-order valence-corrected chi connectivity index (χ1v) is 6.12. The Labute approximate surface area is 116 Å². The Morgan fingerprint density at radius 2 is 2.05 bits per heavy atom. The molecule has 1 aromatic heterocycles. The van der Waals surface area contributed by atoms with Crippen LogP contribution in [-0.4, -0.2) is 17.1 Å². The number of nitrogens with one attached hydrogen (secondary N) is 1. The number of pyridine rings is 1. The summed E-state index contributed by atoms with van der Waals surface area (Å²) < 4.78 is 4.90. The third-order valence-electron chi connectivity index (χ3n) is 2.84. The van der Waals surface area contributed by atoms with Crippen molar-refractivity contribution in [2.45, 2.75) is 13.1 Å². The van der Waals surface area contributed by atoms with Crippen LogP contribution in [0, 0.1) is 5.39 Å². The predicted molar refractivity (Wildman–Crippen MR) is 74.4 cm³/mol. The average Bonchev–Trinajstić information content (AvgIpc) is 2.48. The molecule has 2 rings (SSSR count). The van der Waals surface area contributed by atoms with E-state index in [2.05, 4.69) is 10.1 Å². The number of rotatable bonds is 5. The maximum Gasteiger partial charge on any atom is 0.306 e. The number of H-pyrrole nitrogens is 1. The molecule has 0 saturated heterocycles. The van der Waals surface area contributed by atoms with Crippen LogP contribution >= 0.6 is 0 Å². The van der Waals surface area contributed by atoms with E-state index in [9.17, 15) is 4.79 Å². The molecule has 6 nitrogen and oxygen atoms in total. The lowest BCUT2D eigenvalue weighted by Gasteiger charge is -2.06. The van der Waals surface area contributed by atoms with Crippen molar-refractivity contribution >= 4 is 0 Å². The van der Waals surface area contributed by atoms with Crippen molar-refractivity contribution in [1.82, 2.24) is 9.99 Å². The van der Waals surface area contributed by atoms with E-state index in [0.717, 1.165) is 5.56 Å². The highest BCUT2D eigenvalue weighted by Gasteiger charge is 2.16. The van der Waals surface area contributed by atoms with Crippen molar-refractivity contribution in [3.8, 4) is 5.75 Å². The molecule has 0 aliphatic heterocycles.